The molecule has 1 atom stereocenters. The Morgan fingerprint density at radius 1 is 1.16 bits per heavy atom. The summed E-state index contributed by atoms with van der Waals surface area (Å²) in [4.78, 5) is 11.3. The third-order valence-corrected chi connectivity index (χ3v) is 4.27. The molecule has 1 amide bonds. The Kier molecular flexibility index (Phi) is 6.04. The van der Waals surface area contributed by atoms with Crippen LogP contribution in [0.5, 0.6) is 5.75 Å². The SMILES string of the molecule is O=C1COc2cc(C(O)CNCCCCc3ccccc3)ccc2N1. The van der Waals surface area contributed by atoms with E-state index in [0.717, 1.165) is 31.4 Å². The lowest BCUT2D eigenvalue weighted by molar-refractivity contribution is -0.118. The minimum absolute atomic E-state index is 0.0201. The lowest BCUT2D eigenvalue weighted by Gasteiger charge is -2.20. The van der Waals surface area contributed by atoms with Crippen LogP contribution in [0, 0.1) is 0 Å². The Bertz CT molecular complexity index is 703. The molecule has 0 saturated carbocycles. The van der Waals surface area contributed by atoms with E-state index in [-0.39, 0.29) is 12.5 Å². The van der Waals surface area contributed by atoms with Crippen molar-refractivity contribution in [2.24, 2.45) is 0 Å². The summed E-state index contributed by atoms with van der Waals surface area (Å²) in [5, 5.41) is 16.3. The second kappa shape index (κ2) is 8.65. The topological polar surface area (TPSA) is 70.6 Å². The van der Waals surface area contributed by atoms with Crippen LogP contribution < -0.4 is 15.4 Å². The third-order valence-electron chi connectivity index (χ3n) is 4.27. The number of ether oxygens (including phenoxy) is 1. The lowest BCUT2D eigenvalue weighted by atomic mass is 10.1. The van der Waals surface area contributed by atoms with Gasteiger partial charge in [-0.25, -0.2) is 0 Å². The number of nitrogens with one attached hydrogen (secondary N) is 2. The molecule has 2 aromatic carbocycles. The molecule has 0 bridgehead atoms. The van der Waals surface area contributed by atoms with Crippen molar-refractivity contribution in [2.75, 3.05) is 25.0 Å². The molecule has 132 valence electrons. The van der Waals surface area contributed by atoms with E-state index in [4.69, 9.17) is 4.74 Å². The average Bonchev–Trinajstić information content (AvgIpc) is 2.64. The first kappa shape index (κ1) is 17.5. The van der Waals surface area contributed by atoms with Gasteiger partial charge in [-0.05, 0) is 49.1 Å². The maximum Gasteiger partial charge on any atom is 0.262 e. The van der Waals surface area contributed by atoms with Gasteiger partial charge in [-0.2, -0.15) is 0 Å². The summed E-state index contributed by atoms with van der Waals surface area (Å²) < 4.78 is 5.38. The standard InChI is InChI=1S/C20H24N2O3/c23-18(13-21-11-5-4-8-15-6-2-1-3-7-15)16-9-10-17-19(12-16)25-14-20(24)22-17/h1-3,6-7,9-10,12,18,21,23H,4-5,8,11,13-14H2,(H,22,24). The minimum Gasteiger partial charge on any atom is -0.482 e. The van der Waals surface area contributed by atoms with Crippen molar-refractivity contribution >= 4 is 11.6 Å². The van der Waals surface area contributed by atoms with Crippen LogP contribution in [0.3, 0.4) is 0 Å². The van der Waals surface area contributed by atoms with Gasteiger partial charge in [0, 0.05) is 6.54 Å². The summed E-state index contributed by atoms with van der Waals surface area (Å²) in [7, 11) is 0. The molecule has 0 aromatic heterocycles. The summed E-state index contributed by atoms with van der Waals surface area (Å²) in [5.41, 5.74) is 2.80. The molecule has 0 aliphatic carbocycles. The van der Waals surface area contributed by atoms with E-state index in [0.29, 0.717) is 18.0 Å². The van der Waals surface area contributed by atoms with Crippen molar-refractivity contribution in [2.45, 2.75) is 25.4 Å². The molecule has 3 rings (SSSR count). The van der Waals surface area contributed by atoms with Gasteiger partial charge in [-0.15, -0.1) is 0 Å². The molecule has 1 unspecified atom stereocenters. The zero-order valence-electron chi connectivity index (χ0n) is 14.2. The highest BCUT2D eigenvalue weighted by molar-refractivity contribution is 5.95. The summed E-state index contributed by atoms with van der Waals surface area (Å²) in [6.07, 6.45) is 2.68. The number of amides is 1. The van der Waals surface area contributed by atoms with Crippen LogP contribution in [-0.2, 0) is 11.2 Å². The molecule has 0 radical (unpaired) electrons. The first-order valence-electron chi connectivity index (χ1n) is 8.71. The van der Waals surface area contributed by atoms with Crippen LogP contribution in [0.2, 0.25) is 0 Å². The number of rotatable bonds is 8. The van der Waals surface area contributed by atoms with E-state index in [1.165, 1.54) is 5.56 Å². The van der Waals surface area contributed by atoms with Gasteiger partial charge in [-0.3, -0.25) is 4.79 Å². The largest absolute Gasteiger partial charge is 0.482 e. The molecule has 5 nitrogen and oxygen atoms in total. The van der Waals surface area contributed by atoms with E-state index in [1.807, 2.05) is 12.1 Å². The number of benzene rings is 2. The maximum absolute atomic E-state index is 11.3. The van der Waals surface area contributed by atoms with Gasteiger partial charge in [0.2, 0.25) is 0 Å². The number of aryl methyl sites for hydroxylation is 1. The number of aliphatic hydroxyl groups excluding tert-OH is 1. The van der Waals surface area contributed by atoms with Crippen molar-refractivity contribution in [3.63, 3.8) is 0 Å². The van der Waals surface area contributed by atoms with Gasteiger partial charge in [0.1, 0.15) is 5.75 Å². The van der Waals surface area contributed by atoms with E-state index >= 15 is 0 Å². The van der Waals surface area contributed by atoms with Gasteiger partial charge >= 0.3 is 0 Å². The predicted molar refractivity (Wildman–Crippen MR) is 97.8 cm³/mol. The van der Waals surface area contributed by atoms with Crippen LogP contribution >= 0.6 is 0 Å². The van der Waals surface area contributed by atoms with E-state index in [1.54, 1.807) is 12.1 Å². The highest BCUT2D eigenvalue weighted by atomic mass is 16.5. The number of carbonyl (C=O) groups is 1. The minimum atomic E-state index is -0.597. The number of carbonyl (C=O) groups excluding carboxylic acids is 1. The summed E-state index contributed by atoms with van der Waals surface area (Å²) in [6, 6.07) is 15.8. The molecule has 1 aliphatic rings. The van der Waals surface area contributed by atoms with Crippen molar-refractivity contribution in [1.29, 1.82) is 0 Å². The highest BCUT2D eigenvalue weighted by Gasteiger charge is 2.17. The van der Waals surface area contributed by atoms with Crippen molar-refractivity contribution in [1.82, 2.24) is 5.32 Å². The molecule has 0 spiro atoms. The summed E-state index contributed by atoms with van der Waals surface area (Å²) in [6.45, 7) is 1.39. The zero-order chi connectivity index (χ0) is 17.5. The van der Waals surface area contributed by atoms with Crippen LogP contribution in [-0.4, -0.2) is 30.7 Å². The van der Waals surface area contributed by atoms with Crippen LogP contribution in [0.1, 0.15) is 30.1 Å². The van der Waals surface area contributed by atoms with Crippen LogP contribution in [0.15, 0.2) is 48.5 Å². The molecule has 0 saturated heterocycles. The lowest BCUT2D eigenvalue weighted by Crippen LogP contribution is -2.26. The summed E-state index contributed by atoms with van der Waals surface area (Å²) >= 11 is 0. The third kappa shape index (κ3) is 5.05. The van der Waals surface area contributed by atoms with E-state index < -0.39 is 6.10 Å². The first-order chi connectivity index (χ1) is 12.2. The Balaban J connectivity index is 1.38. The summed E-state index contributed by atoms with van der Waals surface area (Å²) in [5.74, 6) is 0.456. The smallest absolute Gasteiger partial charge is 0.262 e. The molecule has 1 aliphatic heterocycles. The molecule has 2 aromatic rings. The molecule has 25 heavy (non-hydrogen) atoms. The van der Waals surface area contributed by atoms with E-state index in [2.05, 4.69) is 34.9 Å². The van der Waals surface area contributed by atoms with Crippen LogP contribution in [0.4, 0.5) is 5.69 Å². The second-order valence-corrected chi connectivity index (χ2v) is 6.26. The molecule has 5 heteroatoms. The Morgan fingerprint density at radius 2 is 2.00 bits per heavy atom. The normalized spacial score (nSPS) is 14.4. The van der Waals surface area contributed by atoms with Crippen molar-refractivity contribution in [3.8, 4) is 5.75 Å². The first-order valence-corrected chi connectivity index (χ1v) is 8.71. The fourth-order valence-corrected chi connectivity index (χ4v) is 2.88. The van der Waals surface area contributed by atoms with Crippen molar-refractivity contribution in [3.05, 3.63) is 59.7 Å². The predicted octanol–water partition coefficient (Wildman–Crippen LogP) is 2.66. The Hall–Kier alpha value is -2.37. The number of unbranched alkanes of at least 4 members (excludes halogenated alkanes) is 1. The van der Waals surface area contributed by atoms with Gasteiger partial charge in [0.25, 0.3) is 5.91 Å². The molecule has 3 N–H and O–H groups in total. The maximum atomic E-state index is 11.3. The zero-order valence-corrected chi connectivity index (χ0v) is 14.2. The molecular weight excluding hydrogens is 316 g/mol. The van der Waals surface area contributed by atoms with Gasteiger partial charge in [-0.1, -0.05) is 36.4 Å². The second-order valence-electron chi connectivity index (χ2n) is 6.26. The number of hydrogen-bond donors (Lipinski definition) is 3. The molecule has 1 heterocycles. The van der Waals surface area contributed by atoms with Gasteiger partial charge in [0.15, 0.2) is 6.61 Å². The van der Waals surface area contributed by atoms with Crippen LogP contribution in [0.25, 0.3) is 0 Å². The van der Waals surface area contributed by atoms with E-state index in [9.17, 15) is 9.90 Å². The quantitative estimate of drug-likeness (QED) is 0.646. The van der Waals surface area contributed by atoms with Crippen molar-refractivity contribution < 1.29 is 14.6 Å². The number of anilines is 1. The highest BCUT2D eigenvalue weighted by Crippen LogP contribution is 2.30. The molecular formula is C20H24N2O3. The van der Waals surface area contributed by atoms with Gasteiger partial charge < -0.3 is 20.5 Å². The monoisotopic (exact) mass is 340 g/mol. The number of aliphatic hydroxyl groups is 1. The number of hydrogen-bond acceptors (Lipinski definition) is 4. The Labute approximate surface area is 148 Å². The fraction of sp³-hybridized carbons (Fsp3) is 0.350. The fourth-order valence-electron chi connectivity index (χ4n) is 2.88. The number of fused-ring (bicyclic) bond motifs is 1. The Morgan fingerprint density at radius 3 is 2.84 bits per heavy atom. The molecule has 0 fully saturated rings. The van der Waals surface area contributed by atoms with Gasteiger partial charge in [0.05, 0.1) is 11.8 Å². The average molecular weight is 340 g/mol.